The number of halogens is 6. The third-order valence-corrected chi connectivity index (χ3v) is 8.72. The molecule has 0 aliphatic carbocycles. The summed E-state index contributed by atoms with van der Waals surface area (Å²) < 4.78 is 91.0. The molecule has 2 fully saturated rings. The molecule has 3 rings (SSSR count). The van der Waals surface area contributed by atoms with E-state index in [1.165, 1.54) is 11.3 Å². The van der Waals surface area contributed by atoms with Gasteiger partial charge < -0.3 is 15.1 Å². The van der Waals surface area contributed by atoms with Crippen LogP contribution < -0.4 is 0 Å². The van der Waals surface area contributed by atoms with Crippen LogP contribution in [0.15, 0.2) is 21.7 Å². The first-order chi connectivity index (χ1) is 16.3. The van der Waals surface area contributed by atoms with Gasteiger partial charge in [0.2, 0.25) is 0 Å². The Morgan fingerprint density at radius 2 is 1.61 bits per heavy atom. The Morgan fingerprint density at radius 3 is 2.00 bits per heavy atom. The van der Waals surface area contributed by atoms with Crippen LogP contribution in [0.4, 0.5) is 26.3 Å². The van der Waals surface area contributed by atoms with Crippen LogP contribution in [0.2, 0.25) is 0 Å². The first kappa shape index (κ1) is 32.1. The largest absolute Gasteiger partial charge is 0.490 e. The van der Waals surface area contributed by atoms with Gasteiger partial charge in [-0.1, -0.05) is 6.07 Å². The minimum atomic E-state index is -5.08. The second-order valence-electron chi connectivity index (χ2n) is 8.33. The Balaban J connectivity index is 0.000000383. The number of thiophene rings is 1. The van der Waals surface area contributed by atoms with Gasteiger partial charge in [-0.05, 0) is 51.3 Å². The van der Waals surface area contributed by atoms with E-state index in [9.17, 15) is 34.8 Å². The molecule has 2 saturated heterocycles. The summed E-state index contributed by atoms with van der Waals surface area (Å²) in [7, 11) is 3.11. The maximum Gasteiger partial charge on any atom is 0.490 e. The van der Waals surface area contributed by atoms with Crippen molar-refractivity contribution in [1.82, 2.24) is 14.1 Å². The van der Waals surface area contributed by atoms with Crippen LogP contribution in [0.25, 0.3) is 0 Å². The number of likely N-dealkylation sites (N-methyl/N-ethyl adjacent to an activating group) is 2. The molecule has 208 valence electrons. The standard InChI is InChI=1S/C15H25N3O2S2.2C2HF3O2/c1-16(2)11-13-9-12-10-18(7-6-14(12)17(13)3)22(19,20)15-5-4-8-21-15;2*3-2(4,5)1(6)7/h4-5,8,12-14H,6-7,9-11H2,1-3H3;2*(H,6,7)/t12-,13+,14+;;/m1../s1. The number of piperidine rings is 1. The maximum absolute atomic E-state index is 12.7. The Kier molecular flexibility index (Phi) is 11.2. The van der Waals surface area contributed by atoms with Crippen molar-refractivity contribution in [1.29, 1.82) is 0 Å². The number of carboxylic acid groups (broad SMARTS) is 2. The summed E-state index contributed by atoms with van der Waals surface area (Å²) in [6.45, 7) is 2.35. The average Bonchev–Trinajstić information content (AvgIpc) is 3.36. The van der Waals surface area contributed by atoms with Crippen molar-refractivity contribution in [3.63, 3.8) is 0 Å². The van der Waals surface area contributed by atoms with Crippen molar-refractivity contribution in [2.24, 2.45) is 5.92 Å². The van der Waals surface area contributed by atoms with Gasteiger partial charge in [0, 0.05) is 31.7 Å². The van der Waals surface area contributed by atoms with Crippen molar-refractivity contribution in [2.45, 2.75) is 41.5 Å². The summed E-state index contributed by atoms with van der Waals surface area (Å²) >= 11 is 1.31. The molecule has 3 heterocycles. The lowest BCUT2D eigenvalue weighted by Crippen LogP contribution is -2.47. The Bertz CT molecular complexity index is 945. The molecular formula is C19H27F6N3O6S2. The fourth-order valence-electron chi connectivity index (χ4n) is 3.92. The fraction of sp³-hybridized carbons (Fsp3) is 0.684. The van der Waals surface area contributed by atoms with Crippen LogP contribution in [0.1, 0.15) is 12.8 Å². The van der Waals surface area contributed by atoms with E-state index in [0.717, 1.165) is 19.4 Å². The molecule has 9 nitrogen and oxygen atoms in total. The van der Waals surface area contributed by atoms with Gasteiger partial charge in [0.1, 0.15) is 4.21 Å². The number of hydrogen-bond donors (Lipinski definition) is 2. The number of sulfonamides is 1. The summed E-state index contributed by atoms with van der Waals surface area (Å²) in [5, 5.41) is 16.1. The topological polar surface area (TPSA) is 118 Å². The van der Waals surface area contributed by atoms with Crippen molar-refractivity contribution in [3.8, 4) is 0 Å². The fourth-order valence-corrected chi connectivity index (χ4v) is 6.58. The maximum atomic E-state index is 12.7. The number of rotatable bonds is 4. The van der Waals surface area contributed by atoms with Gasteiger partial charge in [0.05, 0.1) is 0 Å². The van der Waals surface area contributed by atoms with Gasteiger partial charge in [-0.2, -0.15) is 30.6 Å². The van der Waals surface area contributed by atoms with Crippen molar-refractivity contribution in [3.05, 3.63) is 17.5 Å². The number of carbonyl (C=O) groups is 2. The van der Waals surface area contributed by atoms with Gasteiger partial charge in [0.15, 0.2) is 0 Å². The zero-order valence-electron chi connectivity index (χ0n) is 19.5. The summed E-state index contributed by atoms with van der Waals surface area (Å²) in [5.74, 6) is -5.06. The molecule has 36 heavy (non-hydrogen) atoms. The van der Waals surface area contributed by atoms with Gasteiger partial charge in [-0.25, -0.2) is 18.0 Å². The van der Waals surface area contributed by atoms with Crippen LogP contribution in [0.3, 0.4) is 0 Å². The van der Waals surface area contributed by atoms with Crippen LogP contribution >= 0.6 is 11.3 Å². The van der Waals surface area contributed by atoms with Gasteiger partial charge in [0.25, 0.3) is 10.0 Å². The molecule has 2 aliphatic heterocycles. The van der Waals surface area contributed by atoms with Crippen LogP contribution in [0, 0.1) is 5.92 Å². The summed E-state index contributed by atoms with van der Waals surface area (Å²) in [4.78, 5) is 22.5. The first-order valence-corrected chi connectivity index (χ1v) is 12.6. The van der Waals surface area contributed by atoms with Crippen LogP contribution in [-0.4, -0.2) is 110 Å². The molecule has 0 saturated carbocycles. The molecule has 0 unspecified atom stereocenters. The molecular weight excluding hydrogens is 544 g/mol. The summed E-state index contributed by atoms with van der Waals surface area (Å²) in [5.41, 5.74) is 0. The highest BCUT2D eigenvalue weighted by Gasteiger charge is 2.44. The van der Waals surface area contributed by atoms with Crippen molar-refractivity contribution >= 4 is 33.3 Å². The number of nitrogens with zero attached hydrogens (tertiary/aromatic N) is 3. The third-order valence-electron chi connectivity index (χ3n) is 5.48. The molecule has 2 N–H and O–H groups in total. The monoisotopic (exact) mass is 571 g/mol. The molecule has 0 spiro atoms. The van der Waals surface area contributed by atoms with E-state index in [1.54, 1.807) is 16.4 Å². The summed E-state index contributed by atoms with van der Waals surface area (Å²) in [6.07, 6.45) is -8.13. The first-order valence-electron chi connectivity index (χ1n) is 10.3. The minimum Gasteiger partial charge on any atom is -0.475 e. The van der Waals surface area contributed by atoms with Gasteiger partial charge in [-0.15, -0.1) is 11.3 Å². The minimum absolute atomic E-state index is 0.457. The lowest BCUT2D eigenvalue weighted by atomic mass is 9.93. The van der Waals surface area contributed by atoms with Crippen LogP contribution in [-0.2, 0) is 19.6 Å². The molecule has 2 aliphatic rings. The lowest BCUT2D eigenvalue weighted by molar-refractivity contribution is -0.193. The number of fused-ring (bicyclic) bond motifs is 1. The van der Waals surface area contributed by atoms with Gasteiger partial charge >= 0.3 is 24.3 Å². The number of likely N-dealkylation sites (tertiary alicyclic amines) is 1. The van der Waals surface area contributed by atoms with E-state index in [2.05, 4.69) is 30.9 Å². The Morgan fingerprint density at radius 1 is 1.11 bits per heavy atom. The van der Waals surface area contributed by atoms with E-state index < -0.39 is 34.3 Å². The molecule has 0 aromatic carbocycles. The van der Waals surface area contributed by atoms with E-state index in [0.29, 0.717) is 35.3 Å². The highest BCUT2D eigenvalue weighted by molar-refractivity contribution is 7.91. The average molecular weight is 572 g/mol. The Hall–Kier alpha value is -1.95. The molecule has 3 atom stereocenters. The lowest BCUT2D eigenvalue weighted by Gasteiger charge is -2.36. The molecule has 0 radical (unpaired) electrons. The highest BCUT2D eigenvalue weighted by atomic mass is 32.2. The summed E-state index contributed by atoms with van der Waals surface area (Å²) in [6, 6.07) is 4.58. The second kappa shape index (κ2) is 12.5. The molecule has 1 aromatic heterocycles. The van der Waals surface area contributed by atoms with E-state index in [1.807, 2.05) is 5.38 Å². The molecule has 0 bridgehead atoms. The zero-order chi connectivity index (χ0) is 28.1. The van der Waals surface area contributed by atoms with Crippen molar-refractivity contribution in [2.75, 3.05) is 40.8 Å². The number of alkyl halides is 6. The predicted octanol–water partition coefficient (Wildman–Crippen LogP) is 2.66. The second-order valence-corrected chi connectivity index (χ2v) is 11.4. The highest BCUT2D eigenvalue weighted by Crippen LogP contribution is 2.36. The zero-order valence-corrected chi connectivity index (χ0v) is 21.1. The van der Waals surface area contributed by atoms with Crippen molar-refractivity contribution < 1.29 is 54.6 Å². The number of aliphatic carboxylic acids is 2. The number of hydrogen-bond acceptors (Lipinski definition) is 7. The van der Waals surface area contributed by atoms with E-state index >= 15 is 0 Å². The SMILES string of the molecule is CN(C)C[C@@H]1C[C@@H]2CN(S(=O)(=O)c3cccs3)CC[C@@H]2N1C.O=C(O)C(F)(F)F.O=C(O)C(F)(F)F. The quantitative estimate of drug-likeness (QED) is 0.530. The Labute approximate surface area is 207 Å². The smallest absolute Gasteiger partial charge is 0.475 e. The molecule has 1 aromatic rings. The van der Waals surface area contributed by atoms with E-state index in [-0.39, 0.29) is 0 Å². The molecule has 0 amide bonds. The molecule has 17 heteroatoms. The third kappa shape index (κ3) is 9.17. The van der Waals surface area contributed by atoms with Crippen LogP contribution in [0.5, 0.6) is 0 Å². The van der Waals surface area contributed by atoms with Gasteiger partial charge in [-0.3, -0.25) is 4.90 Å². The normalized spacial score (nSPS) is 23.2. The van der Waals surface area contributed by atoms with E-state index in [4.69, 9.17) is 19.8 Å². The predicted molar refractivity (Wildman–Crippen MR) is 117 cm³/mol. The number of carboxylic acids is 2.